The summed E-state index contributed by atoms with van der Waals surface area (Å²) in [7, 11) is 1.25. The van der Waals surface area contributed by atoms with Gasteiger partial charge in [-0.3, -0.25) is 4.79 Å². The Morgan fingerprint density at radius 3 is 2.00 bits per heavy atom. The molecule has 12 heteroatoms. The van der Waals surface area contributed by atoms with E-state index in [1.165, 1.54) is 19.2 Å². The normalized spacial score (nSPS) is 12.0. The van der Waals surface area contributed by atoms with Crippen LogP contribution in [0.2, 0.25) is 0 Å². The second-order valence-corrected chi connectivity index (χ2v) is 8.34. The van der Waals surface area contributed by atoms with Crippen molar-refractivity contribution in [2.24, 2.45) is 5.92 Å². The number of carbonyl (C=O) groups is 4. The van der Waals surface area contributed by atoms with Crippen molar-refractivity contribution in [1.29, 1.82) is 0 Å². The second kappa shape index (κ2) is 18.7. The molecule has 0 amide bonds. The maximum atomic E-state index is 12.3. The molecule has 1 aromatic rings. The molecule has 0 saturated heterocycles. The zero-order chi connectivity index (χ0) is 28.3. The first-order valence-corrected chi connectivity index (χ1v) is 12.7. The van der Waals surface area contributed by atoms with Crippen LogP contribution in [0.4, 0.5) is 14.4 Å². The Balaban J connectivity index is 2.87. The maximum absolute atomic E-state index is 12.3. The van der Waals surface area contributed by atoms with E-state index >= 15 is 0 Å². The molecule has 214 valence electrons. The molecule has 0 heterocycles. The van der Waals surface area contributed by atoms with Crippen molar-refractivity contribution in [3.8, 4) is 11.5 Å². The number of hydrogen-bond donors (Lipinski definition) is 1. The highest BCUT2D eigenvalue weighted by molar-refractivity contribution is 5.76. The predicted molar refractivity (Wildman–Crippen MR) is 135 cm³/mol. The van der Waals surface area contributed by atoms with Crippen LogP contribution in [0.15, 0.2) is 18.2 Å². The first-order chi connectivity index (χ1) is 18.2. The molecular weight excluding hydrogens is 502 g/mol. The molecule has 0 bridgehead atoms. The van der Waals surface area contributed by atoms with Crippen molar-refractivity contribution < 1.29 is 52.3 Å². The maximum Gasteiger partial charge on any atom is 0.513 e. The minimum Gasteiger partial charge on any atom is -0.468 e. The van der Waals surface area contributed by atoms with Crippen LogP contribution < -0.4 is 14.8 Å². The summed E-state index contributed by atoms with van der Waals surface area (Å²) >= 11 is 0. The summed E-state index contributed by atoms with van der Waals surface area (Å²) in [5.74, 6) is -0.480. The van der Waals surface area contributed by atoms with Crippen LogP contribution in [0.25, 0.3) is 0 Å². The average molecular weight is 542 g/mol. The highest BCUT2D eigenvalue weighted by Gasteiger charge is 2.22. The number of esters is 1. The van der Waals surface area contributed by atoms with E-state index in [9.17, 15) is 19.2 Å². The molecule has 1 unspecified atom stereocenters. The van der Waals surface area contributed by atoms with Crippen molar-refractivity contribution in [2.45, 2.75) is 59.4 Å². The highest BCUT2D eigenvalue weighted by atomic mass is 16.7. The fraction of sp³-hybridized carbons (Fsp3) is 0.615. The number of methoxy groups -OCH3 is 1. The molecule has 0 fully saturated rings. The molecule has 1 aromatic carbocycles. The molecule has 12 nitrogen and oxygen atoms in total. The molecule has 1 N–H and O–H groups in total. The topological polar surface area (TPSA) is 145 Å². The van der Waals surface area contributed by atoms with Gasteiger partial charge in [0.2, 0.25) is 0 Å². The number of carbonyl (C=O) groups excluding carboxylic acids is 4. The lowest BCUT2D eigenvalue weighted by Gasteiger charge is -2.18. The molecule has 0 aliphatic rings. The van der Waals surface area contributed by atoms with E-state index < -0.39 is 30.5 Å². The summed E-state index contributed by atoms with van der Waals surface area (Å²) in [5, 5.41) is 2.96. The van der Waals surface area contributed by atoms with Gasteiger partial charge in [-0.05, 0) is 42.9 Å². The third kappa shape index (κ3) is 13.1. The van der Waals surface area contributed by atoms with Crippen molar-refractivity contribution >= 4 is 24.4 Å². The molecule has 2 atom stereocenters. The van der Waals surface area contributed by atoms with Gasteiger partial charge in [-0.25, -0.2) is 14.4 Å². The Hall–Kier alpha value is -3.54. The molecule has 0 radical (unpaired) electrons. The Morgan fingerprint density at radius 2 is 1.42 bits per heavy atom. The van der Waals surface area contributed by atoms with Crippen molar-refractivity contribution in [2.75, 3.05) is 40.1 Å². The van der Waals surface area contributed by atoms with Gasteiger partial charge >= 0.3 is 24.4 Å². The first-order valence-electron chi connectivity index (χ1n) is 12.7. The van der Waals surface area contributed by atoms with Crippen LogP contribution in [0.1, 0.15) is 52.5 Å². The molecule has 0 aliphatic heterocycles. The van der Waals surface area contributed by atoms with E-state index in [1.54, 1.807) is 6.07 Å². The van der Waals surface area contributed by atoms with E-state index in [0.29, 0.717) is 18.4 Å². The SMILES string of the molecule is CCCOC(=O)Oc1ccc(C[C@H](NCCOC(=O)OCC(C)CC)C(=O)OC)cc1OC(=O)OCCC. The lowest BCUT2D eigenvalue weighted by Crippen LogP contribution is -2.41. The van der Waals surface area contributed by atoms with Gasteiger partial charge in [0, 0.05) is 6.54 Å². The Morgan fingerprint density at radius 1 is 0.816 bits per heavy atom. The van der Waals surface area contributed by atoms with Gasteiger partial charge in [0.05, 0.1) is 26.9 Å². The summed E-state index contributed by atoms with van der Waals surface area (Å²) in [6, 6.07) is 3.62. The van der Waals surface area contributed by atoms with Crippen LogP contribution in [0.3, 0.4) is 0 Å². The Labute approximate surface area is 223 Å². The lowest BCUT2D eigenvalue weighted by atomic mass is 10.1. The van der Waals surface area contributed by atoms with Crippen LogP contribution >= 0.6 is 0 Å². The number of hydrogen-bond acceptors (Lipinski definition) is 12. The highest BCUT2D eigenvalue weighted by Crippen LogP contribution is 2.30. The smallest absolute Gasteiger partial charge is 0.468 e. The quantitative estimate of drug-likeness (QED) is 0.137. The van der Waals surface area contributed by atoms with Gasteiger partial charge in [-0.15, -0.1) is 0 Å². The van der Waals surface area contributed by atoms with E-state index in [4.69, 9.17) is 33.2 Å². The van der Waals surface area contributed by atoms with E-state index in [2.05, 4.69) is 5.32 Å². The molecule has 1 rings (SSSR count). The summed E-state index contributed by atoms with van der Waals surface area (Å²) < 4.78 is 35.2. The van der Waals surface area contributed by atoms with Crippen molar-refractivity contribution in [3.63, 3.8) is 0 Å². The molecule has 0 aliphatic carbocycles. The van der Waals surface area contributed by atoms with Crippen LogP contribution in [-0.4, -0.2) is 70.6 Å². The number of rotatable bonds is 16. The molecule has 0 aromatic heterocycles. The monoisotopic (exact) mass is 541 g/mol. The van der Waals surface area contributed by atoms with Crippen LogP contribution in [0.5, 0.6) is 11.5 Å². The average Bonchev–Trinajstić information content (AvgIpc) is 2.91. The third-order valence-electron chi connectivity index (χ3n) is 5.06. The molecule has 0 saturated carbocycles. The zero-order valence-electron chi connectivity index (χ0n) is 22.7. The summed E-state index contributed by atoms with van der Waals surface area (Å²) in [6.45, 7) is 8.30. The van der Waals surface area contributed by atoms with Gasteiger partial charge in [-0.1, -0.05) is 40.2 Å². The minimum atomic E-state index is -0.976. The molecule has 0 spiro atoms. The standard InChI is InChI=1S/C26H39NO11/c1-6-12-33-25(30)37-21-10-9-19(16-22(21)38-26(31)34-13-7-2)15-20(23(28)32-5)27-11-14-35-24(29)36-17-18(4)8-3/h9-10,16,18,20,27H,6-8,11-15,17H2,1-5H3/t18?,20-/m0/s1. The number of ether oxygens (including phenoxy) is 7. The van der Waals surface area contributed by atoms with E-state index in [1.807, 2.05) is 27.7 Å². The number of benzene rings is 1. The van der Waals surface area contributed by atoms with Gasteiger partial charge in [0.25, 0.3) is 0 Å². The Kier molecular flexibility index (Phi) is 16.0. The predicted octanol–water partition coefficient (Wildman–Crippen LogP) is 4.41. The number of nitrogens with one attached hydrogen (secondary N) is 1. The third-order valence-corrected chi connectivity index (χ3v) is 5.06. The van der Waals surface area contributed by atoms with E-state index in [0.717, 1.165) is 6.42 Å². The Bertz CT molecular complexity index is 890. The van der Waals surface area contributed by atoms with Gasteiger partial charge < -0.3 is 38.5 Å². The zero-order valence-corrected chi connectivity index (χ0v) is 22.7. The summed E-state index contributed by atoms with van der Waals surface area (Å²) in [6.07, 6.45) is -0.532. The minimum absolute atomic E-state index is 0.0306. The molecular formula is C26H39NO11. The summed E-state index contributed by atoms with van der Waals surface area (Å²) in [4.78, 5) is 48.0. The first kappa shape index (κ1) is 32.5. The van der Waals surface area contributed by atoms with Crippen molar-refractivity contribution in [3.05, 3.63) is 23.8 Å². The van der Waals surface area contributed by atoms with Gasteiger partial charge in [0.15, 0.2) is 11.5 Å². The van der Waals surface area contributed by atoms with Crippen LogP contribution in [0, 0.1) is 5.92 Å². The van der Waals surface area contributed by atoms with Gasteiger partial charge in [-0.2, -0.15) is 0 Å². The lowest BCUT2D eigenvalue weighted by molar-refractivity contribution is -0.143. The van der Waals surface area contributed by atoms with E-state index in [-0.39, 0.29) is 56.8 Å². The largest absolute Gasteiger partial charge is 0.513 e. The fourth-order valence-corrected chi connectivity index (χ4v) is 2.81. The van der Waals surface area contributed by atoms with Crippen LogP contribution in [-0.2, 0) is 34.9 Å². The van der Waals surface area contributed by atoms with Crippen molar-refractivity contribution in [1.82, 2.24) is 5.32 Å². The summed E-state index contributed by atoms with van der Waals surface area (Å²) in [5.41, 5.74) is 0.550. The fourth-order valence-electron chi connectivity index (χ4n) is 2.81. The second-order valence-electron chi connectivity index (χ2n) is 8.34. The van der Waals surface area contributed by atoms with Gasteiger partial charge in [0.1, 0.15) is 12.6 Å². The molecule has 38 heavy (non-hydrogen) atoms.